The molecule has 0 bridgehead atoms. The van der Waals surface area contributed by atoms with E-state index in [2.05, 4.69) is 92.1 Å². The standard InChI is InChI=1S/C51H89NO3/c1-3-5-7-9-11-13-15-17-19-21-23-25-26-27-29-31-33-35-37-39-41-43-45-47-51(55)52-49(48-53)50(54)46-44-42-40-38-36-34-32-30-28-24-22-20-18-16-14-12-10-8-6-4-2/h5,7,11,13,17,19,23,25,27,29,33,35,44,46,49-50,53-54H,3-4,6,8-10,12,14-16,18,20-22,24,26,28,30-32,34,36-43,45,47-48H2,1-2H3,(H,52,55)/b7-5-,13-11-,19-17-,25-23-,29-27-,35-33-,46-44+. The number of rotatable bonds is 41. The average Bonchev–Trinajstić information content (AvgIpc) is 3.19. The van der Waals surface area contributed by atoms with Crippen LogP contribution in [0.25, 0.3) is 0 Å². The largest absolute Gasteiger partial charge is 0.394 e. The van der Waals surface area contributed by atoms with Gasteiger partial charge in [-0.3, -0.25) is 4.79 Å². The highest BCUT2D eigenvalue weighted by atomic mass is 16.3. The van der Waals surface area contributed by atoms with Gasteiger partial charge in [0.2, 0.25) is 5.91 Å². The fourth-order valence-electron chi connectivity index (χ4n) is 6.59. The molecule has 0 saturated heterocycles. The monoisotopic (exact) mass is 764 g/mol. The highest BCUT2D eigenvalue weighted by Gasteiger charge is 2.17. The van der Waals surface area contributed by atoms with Crippen LogP contribution in [0.1, 0.15) is 213 Å². The number of hydrogen-bond acceptors (Lipinski definition) is 3. The van der Waals surface area contributed by atoms with Gasteiger partial charge in [0.05, 0.1) is 18.8 Å². The van der Waals surface area contributed by atoms with Crippen LogP contribution in [0.2, 0.25) is 0 Å². The summed E-state index contributed by atoms with van der Waals surface area (Å²) in [5, 5.41) is 23.1. The summed E-state index contributed by atoms with van der Waals surface area (Å²) in [4.78, 5) is 12.4. The lowest BCUT2D eigenvalue weighted by atomic mass is 10.0. The van der Waals surface area contributed by atoms with Crippen molar-refractivity contribution in [2.24, 2.45) is 0 Å². The third-order valence-electron chi connectivity index (χ3n) is 10.1. The third kappa shape index (κ3) is 42.6. The zero-order chi connectivity index (χ0) is 40.0. The predicted octanol–water partition coefficient (Wildman–Crippen LogP) is 14.9. The van der Waals surface area contributed by atoms with Crippen LogP contribution < -0.4 is 5.32 Å². The first kappa shape index (κ1) is 52.6. The summed E-state index contributed by atoms with van der Waals surface area (Å²) >= 11 is 0. The topological polar surface area (TPSA) is 69.6 Å². The molecule has 0 saturated carbocycles. The number of allylic oxidation sites excluding steroid dienone is 13. The van der Waals surface area contributed by atoms with E-state index in [0.717, 1.165) is 83.5 Å². The molecule has 0 radical (unpaired) electrons. The Labute approximate surface area is 341 Å². The number of hydrogen-bond donors (Lipinski definition) is 3. The van der Waals surface area contributed by atoms with Crippen LogP contribution in [0.5, 0.6) is 0 Å². The van der Waals surface area contributed by atoms with Crippen molar-refractivity contribution in [3.63, 3.8) is 0 Å². The molecule has 0 rings (SSSR count). The smallest absolute Gasteiger partial charge is 0.220 e. The van der Waals surface area contributed by atoms with Crippen LogP contribution in [0, 0.1) is 0 Å². The van der Waals surface area contributed by atoms with E-state index in [0.29, 0.717) is 6.42 Å². The highest BCUT2D eigenvalue weighted by Crippen LogP contribution is 2.15. The van der Waals surface area contributed by atoms with Crippen LogP contribution >= 0.6 is 0 Å². The maximum absolute atomic E-state index is 12.4. The van der Waals surface area contributed by atoms with E-state index in [9.17, 15) is 15.0 Å². The lowest BCUT2D eigenvalue weighted by Gasteiger charge is -2.20. The molecule has 0 aliphatic carbocycles. The first-order valence-corrected chi connectivity index (χ1v) is 23.3. The lowest BCUT2D eigenvalue weighted by Crippen LogP contribution is -2.45. The van der Waals surface area contributed by atoms with Gasteiger partial charge in [0.1, 0.15) is 0 Å². The normalized spacial score (nSPS) is 13.7. The number of carbonyl (C=O) groups is 1. The summed E-state index contributed by atoms with van der Waals surface area (Å²) in [5.74, 6) is -0.0908. The molecule has 3 N–H and O–H groups in total. The third-order valence-corrected chi connectivity index (χ3v) is 10.1. The van der Waals surface area contributed by atoms with Crippen LogP contribution in [0.3, 0.4) is 0 Å². The lowest BCUT2D eigenvalue weighted by molar-refractivity contribution is -0.123. The number of aliphatic hydroxyl groups excluding tert-OH is 2. The molecule has 4 heteroatoms. The van der Waals surface area contributed by atoms with Gasteiger partial charge in [-0.05, 0) is 70.6 Å². The Balaban J connectivity index is 3.66. The van der Waals surface area contributed by atoms with Crippen molar-refractivity contribution in [1.29, 1.82) is 0 Å². The Kier molecular flexibility index (Phi) is 43.9. The van der Waals surface area contributed by atoms with E-state index in [1.165, 1.54) is 109 Å². The number of aliphatic hydroxyl groups is 2. The van der Waals surface area contributed by atoms with Crippen LogP contribution in [0.15, 0.2) is 85.1 Å². The molecule has 4 nitrogen and oxygen atoms in total. The molecule has 0 heterocycles. The van der Waals surface area contributed by atoms with E-state index >= 15 is 0 Å². The first-order valence-electron chi connectivity index (χ1n) is 23.3. The van der Waals surface area contributed by atoms with E-state index in [1.807, 2.05) is 6.08 Å². The van der Waals surface area contributed by atoms with Crippen LogP contribution in [0.4, 0.5) is 0 Å². The molecule has 55 heavy (non-hydrogen) atoms. The fourth-order valence-corrected chi connectivity index (χ4v) is 6.59. The molecule has 0 aliphatic rings. The molecular weight excluding hydrogens is 675 g/mol. The second-order valence-electron chi connectivity index (χ2n) is 15.4. The second-order valence-corrected chi connectivity index (χ2v) is 15.4. The van der Waals surface area contributed by atoms with Gasteiger partial charge < -0.3 is 15.5 Å². The van der Waals surface area contributed by atoms with Crippen molar-refractivity contribution < 1.29 is 15.0 Å². The zero-order valence-electron chi connectivity index (χ0n) is 36.2. The van der Waals surface area contributed by atoms with Gasteiger partial charge in [0, 0.05) is 6.42 Å². The number of unbranched alkanes of at least 4 members (excludes halogenated alkanes) is 22. The molecule has 2 unspecified atom stereocenters. The van der Waals surface area contributed by atoms with E-state index in [1.54, 1.807) is 6.08 Å². The molecule has 0 spiro atoms. The molecule has 0 aromatic heterocycles. The zero-order valence-corrected chi connectivity index (χ0v) is 36.2. The van der Waals surface area contributed by atoms with Gasteiger partial charge in [-0.2, -0.15) is 0 Å². The van der Waals surface area contributed by atoms with E-state index < -0.39 is 12.1 Å². The molecular formula is C51H89NO3. The maximum atomic E-state index is 12.4. The Morgan fingerprint density at radius 1 is 0.455 bits per heavy atom. The maximum Gasteiger partial charge on any atom is 0.220 e. The first-order chi connectivity index (χ1) is 27.2. The Hall–Kier alpha value is -2.43. The number of amides is 1. The van der Waals surface area contributed by atoms with Gasteiger partial charge >= 0.3 is 0 Å². The minimum Gasteiger partial charge on any atom is -0.394 e. The molecule has 0 aromatic rings. The summed E-state index contributed by atoms with van der Waals surface area (Å²) in [6.07, 6.45) is 66.9. The van der Waals surface area contributed by atoms with E-state index in [4.69, 9.17) is 0 Å². The minimum atomic E-state index is -0.856. The summed E-state index contributed by atoms with van der Waals surface area (Å²) in [7, 11) is 0. The van der Waals surface area contributed by atoms with Gasteiger partial charge in [0.15, 0.2) is 0 Å². The molecule has 1 amide bonds. The molecule has 0 fully saturated rings. The van der Waals surface area contributed by atoms with Crippen molar-refractivity contribution >= 4 is 5.91 Å². The molecule has 0 aliphatic heterocycles. The van der Waals surface area contributed by atoms with Crippen molar-refractivity contribution in [3.8, 4) is 0 Å². The number of carbonyl (C=O) groups excluding carboxylic acids is 1. The summed E-state index contributed by atoms with van der Waals surface area (Å²) in [6, 6.07) is -0.642. The predicted molar refractivity (Wildman–Crippen MR) is 243 cm³/mol. The average molecular weight is 764 g/mol. The molecule has 2 atom stereocenters. The Morgan fingerprint density at radius 3 is 1.20 bits per heavy atom. The molecule has 316 valence electrons. The highest BCUT2D eigenvalue weighted by molar-refractivity contribution is 5.76. The van der Waals surface area contributed by atoms with Gasteiger partial charge in [-0.25, -0.2) is 0 Å². The summed E-state index contributed by atoms with van der Waals surface area (Å²) in [6.45, 7) is 4.18. The second kappa shape index (κ2) is 46.0. The van der Waals surface area contributed by atoms with Crippen molar-refractivity contribution in [2.45, 2.75) is 225 Å². The van der Waals surface area contributed by atoms with Crippen LogP contribution in [-0.4, -0.2) is 34.9 Å². The van der Waals surface area contributed by atoms with Gasteiger partial charge in [0.25, 0.3) is 0 Å². The van der Waals surface area contributed by atoms with Gasteiger partial charge in [-0.15, -0.1) is 0 Å². The van der Waals surface area contributed by atoms with Gasteiger partial charge in [-0.1, -0.05) is 221 Å². The quantitative estimate of drug-likeness (QED) is 0.0429. The Morgan fingerprint density at radius 2 is 0.800 bits per heavy atom. The SMILES string of the molecule is CC/C=C\C/C=C\C/C=C\C/C=C\C/C=C\C/C=C\CCCCCCC(=O)NC(CO)C(O)/C=C/CCCCCCCCCCCCCCCCCCCC. The summed E-state index contributed by atoms with van der Waals surface area (Å²) < 4.78 is 0. The molecule has 0 aromatic carbocycles. The fraction of sp³-hybridized carbons (Fsp3) is 0.706. The van der Waals surface area contributed by atoms with Crippen LogP contribution in [-0.2, 0) is 4.79 Å². The van der Waals surface area contributed by atoms with Crippen molar-refractivity contribution in [3.05, 3.63) is 85.1 Å². The van der Waals surface area contributed by atoms with E-state index in [-0.39, 0.29) is 12.5 Å². The summed E-state index contributed by atoms with van der Waals surface area (Å²) in [5.41, 5.74) is 0. The minimum absolute atomic E-state index is 0.0908. The van der Waals surface area contributed by atoms with Crippen molar-refractivity contribution in [2.75, 3.05) is 6.61 Å². The van der Waals surface area contributed by atoms with Crippen molar-refractivity contribution in [1.82, 2.24) is 5.32 Å². The number of nitrogens with one attached hydrogen (secondary N) is 1. The Bertz CT molecular complexity index is 1000.